The van der Waals surface area contributed by atoms with Crippen molar-refractivity contribution in [3.05, 3.63) is 33.8 Å². The maximum absolute atomic E-state index is 12.0. The molecule has 2 N–H and O–H groups in total. The standard InChI is InChI=1S/C14H17Cl2NO2/c1-14(8-18,10-3-4-10)17-13(19)7-9-2-5-11(15)12(16)6-9/h2,5-6,10,18H,3-4,7-8H2,1H3,(H,17,19). The fraction of sp³-hybridized carbons (Fsp3) is 0.500. The van der Waals surface area contributed by atoms with Gasteiger partial charge in [0.2, 0.25) is 5.91 Å². The number of hydrogen-bond donors (Lipinski definition) is 2. The Labute approximate surface area is 122 Å². The van der Waals surface area contributed by atoms with Crippen LogP contribution in [0.2, 0.25) is 10.0 Å². The molecule has 0 saturated heterocycles. The minimum absolute atomic E-state index is 0.0369. The molecule has 19 heavy (non-hydrogen) atoms. The molecule has 1 aliphatic carbocycles. The van der Waals surface area contributed by atoms with E-state index in [1.165, 1.54) is 0 Å². The summed E-state index contributed by atoms with van der Waals surface area (Å²) >= 11 is 11.7. The van der Waals surface area contributed by atoms with Crippen LogP contribution in [0.3, 0.4) is 0 Å². The monoisotopic (exact) mass is 301 g/mol. The van der Waals surface area contributed by atoms with Crippen LogP contribution < -0.4 is 5.32 Å². The van der Waals surface area contributed by atoms with Crippen molar-refractivity contribution < 1.29 is 9.90 Å². The maximum atomic E-state index is 12.0. The molecule has 1 unspecified atom stereocenters. The molecule has 1 fully saturated rings. The number of rotatable bonds is 5. The van der Waals surface area contributed by atoms with Crippen LogP contribution in [-0.4, -0.2) is 23.2 Å². The Balaban J connectivity index is 1.98. The van der Waals surface area contributed by atoms with Gasteiger partial charge in [0.15, 0.2) is 0 Å². The summed E-state index contributed by atoms with van der Waals surface area (Å²) in [7, 11) is 0. The van der Waals surface area contributed by atoms with Crippen molar-refractivity contribution in [1.29, 1.82) is 0 Å². The lowest BCUT2D eigenvalue weighted by molar-refractivity contribution is -0.123. The zero-order chi connectivity index (χ0) is 14.0. The average Bonchev–Trinajstić information content (AvgIpc) is 3.18. The van der Waals surface area contributed by atoms with Crippen LogP contribution in [0.25, 0.3) is 0 Å². The molecule has 1 aromatic rings. The molecule has 1 aromatic carbocycles. The number of amides is 1. The van der Waals surface area contributed by atoms with E-state index in [1.807, 2.05) is 6.92 Å². The minimum Gasteiger partial charge on any atom is -0.394 e. The van der Waals surface area contributed by atoms with E-state index in [9.17, 15) is 9.90 Å². The Morgan fingerprint density at radius 2 is 2.11 bits per heavy atom. The number of carbonyl (C=O) groups is 1. The maximum Gasteiger partial charge on any atom is 0.224 e. The lowest BCUT2D eigenvalue weighted by Gasteiger charge is -2.28. The van der Waals surface area contributed by atoms with Gasteiger partial charge in [0.1, 0.15) is 0 Å². The molecular weight excluding hydrogens is 285 g/mol. The topological polar surface area (TPSA) is 49.3 Å². The van der Waals surface area contributed by atoms with Crippen molar-refractivity contribution in [2.45, 2.75) is 31.7 Å². The Bertz CT molecular complexity index is 488. The van der Waals surface area contributed by atoms with Crippen molar-refractivity contribution in [3.63, 3.8) is 0 Å². The van der Waals surface area contributed by atoms with E-state index in [0.717, 1.165) is 18.4 Å². The molecule has 0 spiro atoms. The summed E-state index contributed by atoms with van der Waals surface area (Å²) in [4.78, 5) is 12.0. The minimum atomic E-state index is -0.507. The van der Waals surface area contributed by atoms with Crippen LogP contribution in [-0.2, 0) is 11.2 Å². The molecule has 104 valence electrons. The third-order valence-corrected chi connectivity index (χ3v) is 4.32. The predicted octanol–water partition coefficient (Wildman–Crippen LogP) is 2.81. The zero-order valence-corrected chi connectivity index (χ0v) is 12.3. The van der Waals surface area contributed by atoms with Gasteiger partial charge in [-0.3, -0.25) is 4.79 Å². The van der Waals surface area contributed by atoms with Crippen LogP contribution in [0, 0.1) is 5.92 Å². The van der Waals surface area contributed by atoms with Gasteiger partial charge in [-0.25, -0.2) is 0 Å². The molecule has 3 nitrogen and oxygen atoms in total. The highest BCUT2D eigenvalue weighted by Crippen LogP contribution is 2.39. The Kier molecular flexibility index (Phi) is 4.39. The molecule has 0 radical (unpaired) electrons. The quantitative estimate of drug-likeness (QED) is 0.878. The lowest BCUT2D eigenvalue weighted by Crippen LogP contribution is -2.51. The second-order valence-electron chi connectivity index (χ2n) is 5.32. The third kappa shape index (κ3) is 3.62. The van der Waals surface area contributed by atoms with E-state index in [1.54, 1.807) is 18.2 Å². The van der Waals surface area contributed by atoms with Gasteiger partial charge in [-0.2, -0.15) is 0 Å². The summed E-state index contributed by atoms with van der Waals surface area (Å²) < 4.78 is 0. The number of nitrogens with one attached hydrogen (secondary N) is 1. The molecule has 0 heterocycles. The summed E-state index contributed by atoms with van der Waals surface area (Å²) in [6, 6.07) is 5.15. The van der Waals surface area contributed by atoms with Crippen LogP contribution >= 0.6 is 23.2 Å². The second-order valence-corrected chi connectivity index (χ2v) is 6.14. The van der Waals surface area contributed by atoms with Gasteiger partial charge in [-0.05, 0) is 43.4 Å². The van der Waals surface area contributed by atoms with E-state index in [0.29, 0.717) is 16.0 Å². The first-order valence-electron chi connectivity index (χ1n) is 6.30. The zero-order valence-electron chi connectivity index (χ0n) is 10.7. The van der Waals surface area contributed by atoms with Crippen LogP contribution in [0.4, 0.5) is 0 Å². The van der Waals surface area contributed by atoms with Crippen molar-refractivity contribution in [2.24, 2.45) is 5.92 Å². The molecule has 5 heteroatoms. The Morgan fingerprint density at radius 3 is 2.63 bits per heavy atom. The highest BCUT2D eigenvalue weighted by molar-refractivity contribution is 6.42. The van der Waals surface area contributed by atoms with Gasteiger partial charge in [0, 0.05) is 0 Å². The first kappa shape index (κ1) is 14.6. The molecule has 1 amide bonds. The molecule has 0 bridgehead atoms. The second kappa shape index (κ2) is 5.70. The van der Waals surface area contributed by atoms with Crippen LogP contribution in [0.15, 0.2) is 18.2 Å². The highest BCUT2D eigenvalue weighted by Gasteiger charge is 2.42. The first-order valence-corrected chi connectivity index (χ1v) is 7.06. The molecular formula is C14H17Cl2NO2. The summed E-state index contributed by atoms with van der Waals surface area (Å²) in [6.45, 7) is 1.85. The summed E-state index contributed by atoms with van der Waals surface area (Å²) in [5.74, 6) is 0.275. The smallest absolute Gasteiger partial charge is 0.224 e. The fourth-order valence-electron chi connectivity index (χ4n) is 2.19. The van der Waals surface area contributed by atoms with E-state index in [4.69, 9.17) is 23.2 Å². The molecule has 0 aromatic heterocycles. The van der Waals surface area contributed by atoms with Crippen molar-refractivity contribution >= 4 is 29.1 Å². The van der Waals surface area contributed by atoms with Gasteiger partial charge >= 0.3 is 0 Å². The summed E-state index contributed by atoms with van der Waals surface area (Å²) in [6.07, 6.45) is 2.35. The number of benzene rings is 1. The number of halogens is 2. The first-order chi connectivity index (χ1) is 8.94. The summed E-state index contributed by atoms with van der Waals surface area (Å²) in [5.41, 5.74) is 0.302. The van der Waals surface area contributed by atoms with Crippen LogP contribution in [0.1, 0.15) is 25.3 Å². The lowest BCUT2D eigenvalue weighted by atomic mass is 9.96. The summed E-state index contributed by atoms with van der Waals surface area (Å²) in [5, 5.41) is 13.3. The number of hydrogen-bond acceptors (Lipinski definition) is 2. The molecule has 1 atom stereocenters. The largest absolute Gasteiger partial charge is 0.394 e. The molecule has 1 saturated carbocycles. The van der Waals surface area contributed by atoms with Crippen molar-refractivity contribution in [2.75, 3.05) is 6.61 Å². The predicted molar refractivity (Wildman–Crippen MR) is 76.5 cm³/mol. The number of aliphatic hydroxyl groups is 1. The third-order valence-electron chi connectivity index (χ3n) is 3.58. The SMILES string of the molecule is CC(CO)(NC(=O)Cc1ccc(Cl)c(Cl)c1)C1CC1. The van der Waals surface area contributed by atoms with Gasteiger partial charge < -0.3 is 10.4 Å². The molecule has 1 aliphatic rings. The van der Waals surface area contributed by atoms with E-state index >= 15 is 0 Å². The average molecular weight is 302 g/mol. The van der Waals surface area contributed by atoms with Gasteiger partial charge in [0.25, 0.3) is 0 Å². The van der Waals surface area contributed by atoms with Gasteiger partial charge in [-0.1, -0.05) is 29.3 Å². The fourth-order valence-corrected chi connectivity index (χ4v) is 2.51. The number of aliphatic hydroxyl groups excluding tert-OH is 1. The van der Waals surface area contributed by atoms with E-state index < -0.39 is 5.54 Å². The Morgan fingerprint density at radius 1 is 1.42 bits per heavy atom. The molecule has 2 rings (SSSR count). The highest BCUT2D eigenvalue weighted by atomic mass is 35.5. The Hall–Kier alpha value is -0.770. The van der Waals surface area contributed by atoms with Gasteiger partial charge in [0.05, 0.1) is 28.6 Å². The molecule has 0 aliphatic heterocycles. The van der Waals surface area contributed by atoms with E-state index in [2.05, 4.69) is 5.32 Å². The van der Waals surface area contributed by atoms with Crippen LogP contribution in [0.5, 0.6) is 0 Å². The van der Waals surface area contributed by atoms with Gasteiger partial charge in [-0.15, -0.1) is 0 Å². The van der Waals surface area contributed by atoms with E-state index in [-0.39, 0.29) is 18.9 Å². The van der Waals surface area contributed by atoms with Crippen molar-refractivity contribution in [3.8, 4) is 0 Å². The number of carbonyl (C=O) groups excluding carboxylic acids is 1. The van der Waals surface area contributed by atoms with Crippen molar-refractivity contribution in [1.82, 2.24) is 5.32 Å². The normalized spacial score (nSPS) is 17.9.